The van der Waals surface area contributed by atoms with Gasteiger partial charge in [0.1, 0.15) is 11.3 Å². The molecule has 4 nitrogen and oxygen atoms in total. The van der Waals surface area contributed by atoms with E-state index in [-0.39, 0.29) is 0 Å². The predicted molar refractivity (Wildman–Crippen MR) is 68.0 cm³/mol. The number of aliphatic imine (C=N–C) groups is 1. The number of hydrogen-bond acceptors (Lipinski definition) is 4. The molecule has 4 heteroatoms. The van der Waals surface area contributed by atoms with Gasteiger partial charge in [0.05, 0.1) is 6.54 Å². The molecular formula is C13H15N3O. The summed E-state index contributed by atoms with van der Waals surface area (Å²) >= 11 is 0. The molecule has 0 saturated heterocycles. The molecule has 3 rings (SSSR count). The predicted octanol–water partition coefficient (Wildman–Crippen LogP) is 1.87. The highest BCUT2D eigenvalue weighted by molar-refractivity contribution is 5.81. The zero-order valence-electron chi connectivity index (χ0n) is 9.57. The molecule has 0 atom stereocenters. The highest BCUT2D eigenvalue weighted by Crippen LogP contribution is 2.18. The van der Waals surface area contributed by atoms with Gasteiger partial charge in [-0.15, -0.1) is 0 Å². The van der Waals surface area contributed by atoms with Gasteiger partial charge >= 0.3 is 0 Å². The van der Waals surface area contributed by atoms with Crippen molar-refractivity contribution < 1.29 is 4.42 Å². The summed E-state index contributed by atoms with van der Waals surface area (Å²) in [5.41, 5.74) is 0.933. The fourth-order valence-corrected chi connectivity index (χ4v) is 1.95. The lowest BCUT2D eigenvalue weighted by Gasteiger charge is -2.14. The molecule has 1 aromatic carbocycles. The quantitative estimate of drug-likeness (QED) is 0.826. The van der Waals surface area contributed by atoms with Crippen LogP contribution in [-0.2, 0) is 6.54 Å². The van der Waals surface area contributed by atoms with Crippen molar-refractivity contribution in [3.8, 4) is 0 Å². The summed E-state index contributed by atoms with van der Waals surface area (Å²) in [7, 11) is 0. The highest BCUT2D eigenvalue weighted by atomic mass is 16.3. The first kappa shape index (κ1) is 10.2. The van der Waals surface area contributed by atoms with Crippen molar-refractivity contribution in [1.82, 2.24) is 10.6 Å². The first-order valence-electron chi connectivity index (χ1n) is 5.91. The zero-order chi connectivity index (χ0) is 11.5. The summed E-state index contributed by atoms with van der Waals surface area (Å²) in [6, 6.07) is 10.1. The van der Waals surface area contributed by atoms with Crippen LogP contribution in [0.2, 0.25) is 0 Å². The lowest BCUT2D eigenvalue weighted by atomic mass is 10.2. The van der Waals surface area contributed by atoms with Crippen LogP contribution in [0.15, 0.2) is 39.7 Å². The third-order valence-electron chi connectivity index (χ3n) is 2.80. The largest absolute Gasteiger partial charge is 0.459 e. The number of furan rings is 1. The summed E-state index contributed by atoms with van der Waals surface area (Å²) in [5.74, 6) is 1.80. The van der Waals surface area contributed by atoms with Gasteiger partial charge in [0.25, 0.3) is 0 Å². The van der Waals surface area contributed by atoms with E-state index in [2.05, 4.69) is 27.8 Å². The maximum atomic E-state index is 5.71. The van der Waals surface area contributed by atoms with Crippen molar-refractivity contribution in [3.63, 3.8) is 0 Å². The van der Waals surface area contributed by atoms with E-state index in [0.717, 1.165) is 42.2 Å². The molecule has 2 aromatic rings. The van der Waals surface area contributed by atoms with Gasteiger partial charge in [-0.1, -0.05) is 18.2 Å². The fourth-order valence-electron chi connectivity index (χ4n) is 1.95. The van der Waals surface area contributed by atoms with Gasteiger partial charge in [-0.25, -0.2) is 0 Å². The van der Waals surface area contributed by atoms with Crippen LogP contribution < -0.4 is 10.6 Å². The van der Waals surface area contributed by atoms with Crippen molar-refractivity contribution in [1.29, 1.82) is 0 Å². The monoisotopic (exact) mass is 229 g/mol. The van der Waals surface area contributed by atoms with Crippen LogP contribution in [0.4, 0.5) is 0 Å². The Morgan fingerprint density at radius 1 is 1.35 bits per heavy atom. The summed E-state index contributed by atoms with van der Waals surface area (Å²) < 4.78 is 5.71. The van der Waals surface area contributed by atoms with E-state index in [1.165, 1.54) is 0 Å². The van der Waals surface area contributed by atoms with Crippen LogP contribution in [-0.4, -0.2) is 19.0 Å². The standard InChI is InChI=1S/C13H15N3O/c1-2-5-12-10(4-1)8-11(17-12)9-16-13-14-6-3-7-15-13/h1-2,4-5,8H,3,6-7,9H2,(H2,14,15,16). The van der Waals surface area contributed by atoms with E-state index in [9.17, 15) is 0 Å². The second-order valence-electron chi connectivity index (χ2n) is 4.11. The van der Waals surface area contributed by atoms with Crippen LogP contribution in [0.25, 0.3) is 11.0 Å². The molecule has 0 aliphatic carbocycles. The maximum Gasteiger partial charge on any atom is 0.191 e. The first-order chi connectivity index (χ1) is 8.42. The molecule has 2 heterocycles. The second kappa shape index (κ2) is 4.49. The third-order valence-corrected chi connectivity index (χ3v) is 2.80. The lowest BCUT2D eigenvalue weighted by molar-refractivity contribution is 0.536. The zero-order valence-corrected chi connectivity index (χ0v) is 9.57. The average molecular weight is 229 g/mol. The van der Waals surface area contributed by atoms with Gasteiger partial charge in [-0.2, -0.15) is 0 Å². The first-order valence-corrected chi connectivity index (χ1v) is 5.91. The summed E-state index contributed by atoms with van der Waals surface area (Å²) in [6.07, 6.45) is 1.11. The lowest BCUT2D eigenvalue weighted by Crippen LogP contribution is -2.40. The van der Waals surface area contributed by atoms with Gasteiger partial charge in [0.2, 0.25) is 0 Å². The Morgan fingerprint density at radius 3 is 3.12 bits per heavy atom. The van der Waals surface area contributed by atoms with Crippen LogP contribution in [0, 0.1) is 0 Å². The van der Waals surface area contributed by atoms with E-state index in [0.29, 0.717) is 6.54 Å². The van der Waals surface area contributed by atoms with Crippen LogP contribution in [0.5, 0.6) is 0 Å². The van der Waals surface area contributed by atoms with E-state index in [1.54, 1.807) is 0 Å². The van der Waals surface area contributed by atoms with Gasteiger partial charge in [0, 0.05) is 18.5 Å². The summed E-state index contributed by atoms with van der Waals surface area (Å²) in [6.45, 7) is 2.56. The van der Waals surface area contributed by atoms with Crippen LogP contribution in [0.3, 0.4) is 0 Å². The summed E-state index contributed by atoms with van der Waals surface area (Å²) in [4.78, 5) is 4.35. The maximum absolute atomic E-state index is 5.71. The van der Waals surface area contributed by atoms with Crippen molar-refractivity contribution in [2.24, 2.45) is 4.99 Å². The minimum Gasteiger partial charge on any atom is -0.459 e. The molecule has 0 fully saturated rings. The number of rotatable bonds is 2. The van der Waals surface area contributed by atoms with Gasteiger partial charge < -0.3 is 15.1 Å². The molecule has 0 amide bonds. The number of nitrogens with zero attached hydrogens (tertiary/aromatic N) is 1. The highest BCUT2D eigenvalue weighted by Gasteiger charge is 2.06. The van der Waals surface area contributed by atoms with Gasteiger partial charge in [0.15, 0.2) is 5.96 Å². The molecule has 0 saturated carbocycles. The third kappa shape index (κ3) is 2.25. The second-order valence-corrected chi connectivity index (χ2v) is 4.11. The number of benzene rings is 1. The molecule has 2 N–H and O–H groups in total. The van der Waals surface area contributed by atoms with Crippen molar-refractivity contribution >= 4 is 16.9 Å². The normalized spacial score (nSPS) is 15.4. The van der Waals surface area contributed by atoms with Crippen molar-refractivity contribution in [2.75, 3.05) is 13.1 Å². The number of para-hydroxylation sites is 1. The van der Waals surface area contributed by atoms with Crippen molar-refractivity contribution in [2.45, 2.75) is 13.0 Å². The number of nitrogens with one attached hydrogen (secondary N) is 2. The Balaban J connectivity index is 1.70. The molecule has 0 spiro atoms. The van der Waals surface area contributed by atoms with E-state index in [1.807, 2.05) is 18.2 Å². The number of guanidine groups is 1. The average Bonchev–Trinajstić information content (AvgIpc) is 2.80. The van der Waals surface area contributed by atoms with Crippen molar-refractivity contribution in [3.05, 3.63) is 36.1 Å². The number of hydrogen-bond donors (Lipinski definition) is 2. The topological polar surface area (TPSA) is 49.6 Å². The molecule has 0 bridgehead atoms. The molecule has 0 unspecified atom stereocenters. The molecule has 1 aliphatic rings. The smallest absolute Gasteiger partial charge is 0.191 e. The number of fused-ring (bicyclic) bond motifs is 1. The van der Waals surface area contributed by atoms with Gasteiger partial charge in [-0.3, -0.25) is 4.99 Å². The minimum absolute atomic E-state index is 0.667. The van der Waals surface area contributed by atoms with E-state index in [4.69, 9.17) is 4.42 Å². The molecule has 1 aromatic heterocycles. The van der Waals surface area contributed by atoms with Crippen LogP contribution >= 0.6 is 0 Å². The molecule has 1 aliphatic heterocycles. The summed E-state index contributed by atoms with van der Waals surface area (Å²) in [5, 5.41) is 7.61. The molecule has 88 valence electrons. The van der Waals surface area contributed by atoms with Gasteiger partial charge in [-0.05, 0) is 18.6 Å². The Morgan fingerprint density at radius 2 is 2.29 bits per heavy atom. The SMILES string of the molecule is c1ccc2oc(CNC3=NCCCN3)cc2c1. The fraction of sp³-hybridized carbons (Fsp3) is 0.308. The van der Waals surface area contributed by atoms with E-state index >= 15 is 0 Å². The Kier molecular flexibility index (Phi) is 2.69. The molecule has 17 heavy (non-hydrogen) atoms. The van der Waals surface area contributed by atoms with E-state index < -0.39 is 0 Å². The Hall–Kier alpha value is -1.97. The van der Waals surface area contributed by atoms with Crippen LogP contribution in [0.1, 0.15) is 12.2 Å². The Bertz CT molecular complexity index is 511. The molecule has 0 radical (unpaired) electrons. The Labute approximate surface area is 99.7 Å². The molecular weight excluding hydrogens is 214 g/mol. The minimum atomic E-state index is 0.667.